The second-order valence-electron chi connectivity index (χ2n) is 6.73. The third kappa shape index (κ3) is 6.22. The van der Waals surface area contributed by atoms with Gasteiger partial charge in [0.05, 0.1) is 6.04 Å². The van der Waals surface area contributed by atoms with Crippen molar-refractivity contribution in [2.75, 3.05) is 6.54 Å². The number of carboxylic acids is 1. The normalized spacial score (nSPS) is 13.1. The third-order valence-electron chi connectivity index (χ3n) is 4.77. The average Bonchev–Trinajstić information content (AvgIpc) is 2.70. The van der Waals surface area contributed by atoms with E-state index in [1.54, 1.807) is 0 Å². The van der Waals surface area contributed by atoms with Crippen LogP contribution in [0.15, 0.2) is 60.7 Å². The van der Waals surface area contributed by atoms with E-state index >= 15 is 0 Å². The fourth-order valence-electron chi connectivity index (χ4n) is 2.99. The Morgan fingerprint density at radius 2 is 1.48 bits per heavy atom. The molecule has 0 aliphatic rings. The number of carbonyl (C=O) groups is 2. The third-order valence-corrected chi connectivity index (χ3v) is 4.77. The van der Waals surface area contributed by atoms with Gasteiger partial charge in [0.15, 0.2) is 0 Å². The van der Waals surface area contributed by atoms with Crippen molar-refractivity contribution < 1.29 is 14.7 Å². The Labute approximate surface area is 160 Å². The van der Waals surface area contributed by atoms with Gasteiger partial charge in [-0.1, -0.05) is 80.9 Å². The summed E-state index contributed by atoms with van der Waals surface area (Å²) >= 11 is 0. The SMILES string of the molecule is CC[C@H](C)[C@H](NCCC(=O)NC(c1ccccc1)c1ccccc1)C(=O)O. The van der Waals surface area contributed by atoms with Crippen molar-refractivity contribution in [2.45, 2.75) is 38.8 Å². The van der Waals surface area contributed by atoms with Crippen LogP contribution in [0.25, 0.3) is 0 Å². The predicted octanol–water partition coefficient (Wildman–Crippen LogP) is 3.37. The highest BCUT2D eigenvalue weighted by atomic mass is 16.4. The van der Waals surface area contributed by atoms with Gasteiger partial charge < -0.3 is 15.7 Å². The molecule has 0 fully saturated rings. The molecule has 0 spiro atoms. The maximum atomic E-state index is 12.5. The van der Waals surface area contributed by atoms with Crippen LogP contribution < -0.4 is 10.6 Å². The van der Waals surface area contributed by atoms with Gasteiger partial charge in [0.2, 0.25) is 5.91 Å². The topological polar surface area (TPSA) is 78.4 Å². The van der Waals surface area contributed by atoms with Gasteiger partial charge in [-0.05, 0) is 17.0 Å². The van der Waals surface area contributed by atoms with E-state index in [1.165, 1.54) is 0 Å². The number of amides is 1. The lowest BCUT2D eigenvalue weighted by molar-refractivity contribution is -0.141. The monoisotopic (exact) mass is 368 g/mol. The molecule has 0 saturated carbocycles. The lowest BCUT2D eigenvalue weighted by atomic mass is 9.98. The zero-order valence-electron chi connectivity index (χ0n) is 15.9. The molecule has 27 heavy (non-hydrogen) atoms. The number of carboxylic acid groups (broad SMARTS) is 1. The summed E-state index contributed by atoms with van der Waals surface area (Å²) in [4.78, 5) is 23.9. The second-order valence-corrected chi connectivity index (χ2v) is 6.73. The van der Waals surface area contributed by atoms with E-state index in [9.17, 15) is 14.7 Å². The first-order valence-electron chi connectivity index (χ1n) is 9.38. The van der Waals surface area contributed by atoms with Crippen molar-refractivity contribution in [1.82, 2.24) is 10.6 Å². The Bertz CT molecular complexity index is 679. The fraction of sp³-hybridized carbons (Fsp3) is 0.364. The van der Waals surface area contributed by atoms with Gasteiger partial charge in [-0.15, -0.1) is 0 Å². The summed E-state index contributed by atoms with van der Waals surface area (Å²) in [6.07, 6.45) is 0.983. The van der Waals surface area contributed by atoms with Crippen LogP contribution in [0.5, 0.6) is 0 Å². The van der Waals surface area contributed by atoms with Gasteiger partial charge in [-0.25, -0.2) is 0 Å². The maximum Gasteiger partial charge on any atom is 0.320 e. The lowest BCUT2D eigenvalue weighted by Gasteiger charge is -2.22. The molecule has 0 bridgehead atoms. The Hall–Kier alpha value is -2.66. The van der Waals surface area contributed by atoms with E-state index in [2.05, 4.69) is 10.6 Å². The van der Waals surface area contributed by atoms with Crippen LogP contribution in [0.3, 0.4) is 0 Å². The van der Waals surface area contributed by atoms with Gasteiger partial charge in [0.25, 0.3) is 0 Å². The fourth-order valence-corrected chi connectivity index (χ4v) is 2.99. The summed E-state index contributed by atoms with van der Waals surface area (Å²) in [5.41, 5.74) is 2.01. The molecule has 0 heterocycles. The molecule has 3 N–H and O–H groups in total. The zero-order valence-corrected chi connectivity index (χ0v) is 15.9. The highest BCUT2D eigenvalue weighted by Crippen LogP contribution is 2.21. The van der Waals surface area contributed by atoms with E-state index in [1.807, 2.05) is 74.5 Å². The van der Waals surface area contributed by atoms with Gasteiger partial charge in [0.1, 0.15) is 6.04 Å². The zero-order chi connectivity index (χ0) is 19.6. The molecule has 2 aromatic rings. The van der Waals surface area contributed by atoms with Crippen molar-refractivity contribution in [2.24, 2.45) is 5.92 Å². The molecule has 144 valence electrons. The number of rotatable bonds is 10. The van der Waals surface area contributed by atoms with Crippen LogP contribution in [0.1, 0.15) is 43.9 Å². The number of nitrogens with one attached hydrogen (secondary N) is 2. The first-order chi connectivity index (χ1) is 13.0. The van der Waals surface area contributed by atoms with E-state index in [-0.39, 0.29) is 24.3 Å². The molecule has 0 saturated heterocycles. The Balaban J connectivity index is 1.99. The first kappa shape index (κ1) is 20.6. The van der Waals surface area contributed by atoms with E-state index < -0.39 is 12.0 Å². The molecule has 5 heteroatoms. The summed E-state index contributed by atoms with van der Waals surface area (Å²) in [6.45, 7) is 4.18. The van der Waals surface area contributed by atoms with Gasteiger partial charge in [0, 0.05) is 13.0 Å². The quantitative estimate of drug-likeness (QED) is 0.601. The predicted molar refractivity (Wildman–Crippen MR) is 106 cm³/mol. The van der Waals surface area contributed by atoms with Crippen molar-refractivity contribution in [3.05, 3.63) is 71.8 Å². The van der Waals surface area contributed by atoms with Crippen molar-refractivity contribution in [3.8, 4) is 0 Å². The van der Waals surface area contributed by atoms with Crippen LogP contribution in [-0.4, -0.2) is 29.6 Å². The summed E-state index contributed by atoms with van der Waals surface area (Å²) < 4.78 is 0. The number of aliphatic carboxylic acids is 1. The Morgan fingerprint density at radius 1 is 0.963 bits per heavy atom. The number of hydrogen-bond acceptors (Lipinski definition) is 3. The van der Waals surface area contributed by atoms with Crippen LogP contribution >= 0.6 is 0 Å². The van der Waals surface area contributed by atoms with Crippen LogP contribution in [0.2, 0.25) is 0 Å². The van der Waals surface area contributed by atoms with Crippen molar-refractivity contribution >= 4 is 11.9 Å². The van der Waals surface area contributed by atoms with Crippen molar-refractivity contribution in [1.29, 1.82) is 0 Å². The summed E-state index contributed by atoms with van der Waals surface area (Å²) in [6, 6.07) is 18.7. The summed E-state index contributed by atoms with van der Waals surface area (Å²) in [5, 5.41) is 15.4. The molecule has 0 aromatic heterocycles. The van der Waals surface area contributed by atoms with E-state index in [0.29, 0.717) is 6.54 Å². The molecule has 0 aliphatic heterocycles. The molecule has 2 atom stereocenters. The number of carbonyl (C=O) groups excluding carboxylic acids is 1. The standard InChI is InChI=1S/C22H28N2O3/c1-3-16(2)20(22(26)27)23-15-14-19(25)24-21(17-10-6-4-7-11-17)18-12-8-5-9-13-18/h4-13,16,20-21,23H,3,14-15H2,1-2H3,(H,24,25)(H,26,27)/t16-,20-/m0/s1. The molecule has 2 aromatic carbocycles. The van der Waals surface area contributed by atoms with Crippen LogP contribution in [-0.2, 0) is 9.59 Å². The molecular formula is C22H28N2O3. The minimum atomic E-state index is -0.879. The minimum Gasteiger partial charge on any atom is -0.480 e. The molecule has 0 radical (unpaired) electrons. The highest BCUT2D eigenvalue weighted by Gasteiger charge is 2.23. The van der Waals surface area contributed by atoms with E-state index in [4.69, 9.17) is 0 Å². The molecule has 1 amide bonds. The van der Waals surface area contributed by atoms with Gasteiger partial charge in [-0.3, -0.25) is 9.59 Å². The average molecular weight is 368 g/mol. The maximum absolute atomic E-state index is 12.5. The number of hydrogen-bond donors (Lipinski definition) is 3. The van der Waals surface area contributed by atoms with Crippen LogP contribution in [0.4, 0.5) is 0 Å². The molecule has 0 aliphatic carbocycles. The largest absolute Gasteiger partial charge is 0.480 e. The van der Waals surface area contributed by atoms with Crippen LogP contribution in [0, 0.1) is 5.92 Å². The Kier molecular flexibility index (Phi) is 8.01. The number of benzene rings is 2. The minimum absolute atomic E-state index is 0.00643. The first-order valence-corrected chi connectivity index (χ1v) is 9.38. The summed E-state index contributed by atoms with van der Waals surface area (Å²) in [7, 11) is 0. The highest BCUT2D eigenvalue weighted by molar-refractivity contribution is 5.77. The van der Waals surface area contributed by atoms with Gasteiger partial charge in [-0.2, -0.15) is 0 Å². The lowest BCUT2D eigenvalue weighted by Crippen LogP contribution is -2.43. The molecule has 2 rings (SSSR count). The Morgan fingerprint density at radius 3 is 1.93 bits per heavy atom. The van der Waals surface area contributed by atoms with Gasteiger partial charge >= 0.3 is 5.97 Å². The van der Waals surface area contributed by atoms with E-state index in [0.717, 1.165) is 17.5 Å². The summed E-state index contributed by atoms with van der Waals surface area (Å²) in [5.74, 6) is -0.989. The second kappa shape index (κ2) is 10.5. The molecule has 5 nitrogen and oxygen atoms in total. The molecular weight excluding hydrogens is 340 g/mol. The van der Waals surface area contributed by atoms with Crippen molar-refractivity contribution in [3.63, 3.8) is 0 Å². The molecule has 0 unspecified atom stereocenters. The smallest absolute Gasteiger partial charge is 0.320 e.